The minimum Gasteiger partial charge on any atom is -0.481 e. The Morgan fingerprint density at radius 2 is 1.20 bits per heavy atom. The lowest BCUT2D eigenvalue weighted by molar-refractivity contribution is -0.147. The molecule has 2 fully saturated rings. The Hall–Kier alpha value is -5.42. The van der Waals surface area contributed by atoms with Gasteiger partial charge in [0.25, 0.3) is 0 Å². The van der Waals surface area contributed by atoms with Crippen LogP contribution in [0.5, 0.6) is 0 Å². The molecule has 2 aliphatic heterocycles. The first-order chi connectivity index (χ1) is 27.7. The normalized spacial score (nSPS) is 19.8. The largest absolute Gasteiger partial charge is 0.481 e. The number of carboxylic acids is 3. The molecule has 2 heterocycles. The number of likely N-dealkylation sites (tertiary alicyclic amines) is 2. The molecule has 332 valence electrons. The standard InChI is InChI=1S/C36H59N9O14/c1-4-18(2)28(38)34(57)40-20(9-5-6-12-37)30(53)43-29(19(3)46)36(59)45-14-8-11-24(45)33(56)41-21(15-25(47)48)31(54)42-22(16-26(49)50)35(58)44-13-7-10-23(44)32(55)39-17-27(51)52/h18-24,28-29,46H,4-17,37-38H2,1-3H3,(H,39,55)(H,40,57)(H,41,56)(H,42,54)(H,43,53)(H,47,48)(H,49,50)(H,51,52)/t18-,19+,20-,21-,22-,23-,24-,28-,29-/m0/s1. The highest BCUT2D eigenvalue weighted by atomic mass is 16.4. The minimum absolute atomic E-state index is 0.0190. The first-order valence-electron chi connectivity index (χ1n) is 19.6. The summed E-state index contributed by atoms with van der Waals surface area (Å²) in [5, 5.41) is 50.3. The lowest BCUT2D eigenvalue weighted by Gasteiger charge is -2.32. The molecule has 0 aromatic heterocycles. The van der Waals surface area contributed by atoms with Gasteiger partial charge in [-0.1, -0.05) is 20.3 Å². The summed E-state index contributed by atoms with van der Waals surface area (Å²) in [7, 11) is 0. The van der Waals surface area contributed by atoms with Crippen molar-refractivity contribution in [2.24, 2.45) is 17.4 Å². The van der Waals surface area contributed by atoms with Crippen molar-refractivity contribution in [1.82, 2.24) is 36.4 Å². The summed E-state index contributed by atoms with van der Waals surface area (Å²) in [5.41, 5.74) is 11.7. The van der Waals surface area contributed by atoms with E-state index in [0.717, 1.165) is 9.80 Å². The Bertz CT molecular complexity index is 1560. The van der Waals surface area contributed by atoms with Crippen LogP contribution in [-0.2, 0) is 47.9 Å². The number of hydrogen-bond acceptors (Lipinski definition) is 13. The average Bonchev–Trinajstić information content (AvgIpc) is 3.87. The van der Waals surface area contributed by atoms with E-state index in [-0.39, 0.29) is 51.1 Å². The molecular weight excluding hydrogens is 782 g/mol. The number of nitrogens with zero attached hydrogens (tertiary/aromatic N) is 2. The van der Waals surface area contributed by atoms with Crippen LogP contribution >= 0.6 is 0 Å². The Balaban J connectivity index is 2.27. The number of unbranched alkanes of at least 4 members (excludes halogenated alkanes) is 1. The zero-order valence-corrected chi connectivity index (χ0v) is 33.5. The van der Waals surface area contributed by atoms with E-state index < -0.39 is 127 Å². The summed E-state index contributed by atoms with van der Waals surface area (Å²) in [6, 6.07) is -9.95. The molecule has 0 aromatic rings. The van der Waals surface area contributed by atoms with Crippen molar-refractivity contribution < 1.29 is 68.4 Å². The van der Waals surface area contributed by atoms with Gasteiger partial charge in [-0.3, -0.25) is 47.9 Å². The summed E-state index contributed by atoms with van der Waals surface area (Å²) < 4.78 is 0. The van der Waals surface area contributed by atoms with Crippen LogP contribution in [0.2, 0.25) is 0 Å². The number of carbonyl (C=O) groups is 10. The van der Waals surface area contributed by atoms with Crippen LogP contribution in [0.3, 0.4) is 0 Å². The predicted octanol–water partition coefficient (Wildman–Crippen LogP) is -4.06. The fraction of sp³-hybridized carbons (Fsp3) is 0.722. The molecule has 9 atom stereocenters. The summed E-state index contributed by atoms with van der Waals surface area (Å²) in [6.45, 7) is 4.33. The number of nitrogens with one attached hydrogen (secondary N) is 5. The highest BCUT2D eigenvalue weighted by Gasteiger charge is 2.43. The predicted molar refractivity (Wildman–Crippen MR) is 204 cm³/mol. The Morgan fingerprint density at radius 1 is 0.678 bits per heavy atom. The highest BCUT2D eigenvalue weighted by Crippen LogP contribution is 2.22. The van der Waals surface area contributed by atoms with E-state index in [0.29, 0.717) is 25.8 Å². The number of carbonyl (C=O) groups excluding carboxylic acids is 7. The lowest BCUT2D eigenvalue weighted by Crippen LogP contribution is -2.61. The van der Waals surface area contributed by atoms with Gasteiger partial charge in [0.2, 0.25) is 41.4 Å². The van der Waals surface area contributed by atoms with Crippen LogP contribution in [-0.4, -0.2) is 164 Å². The van der Waals surface area contributed by atoms with Crippen LogP contribution < -0.4 is 38.1 Å². The van der Waals surface area contributed by atoms with E-state index in [2.05, 4.69) is 26.6 Å². The number of aliphatic hydroxyl groups is 1. The van der Waals surface area contributed by atoms with Crippen molar-refractivity contribution in [2.45, 2.75) is 133 Å². The lowest BCUT2D eigenvalue weighted by atomic mass is 9.98. The van der Waals surface area contributed by atoms with Gasteiger partial charge in [-0.2, -0.15) is 0 Å². The molecule has 7 amide bonds. The van der Waals surface area contributed by atoms with Crippen molar-refractivity contribution in [3.8, 4) is 0 Å². The van der Waals surface area contributed by atoms with Gasteiger partial charge in [-0.15, -0.1) is 0 Å². The van der Waals surface area contributed by atoms with E-state index in [1.54, 1.807) is 6.92 Å². The quantitative estimate of drug-likeness (QED) is 0.0412. The molecule has 2 aliphatic rings. The molecule has 0 aliphatic carbocycles. The monoisotopic (exact) mass is 841 g/mol. The van der Waals surface area contributed by atoms with Crippen LogP contribution in [0.25, 0.3) is 0 Å². The van der Waals surface area contributed by atoms with Crippen LogP contribution in [0.15, 0.2) is 0 Å². The summed E-state index contributed by atoms with van der Waals surface area (Å²) >= 11 is 0. The zero-order chi connectivity index (χ0) is 44.6. The fourth-order valence-electron chi connectivity index (χ4n) is 6.75. The number of hydrogen-bond donors (Lipinski definition) is 11. The average molecular weight is 842 g/mol. The molecule has 0 spiro atoms. The summed E-state index contributed by atoms with van der Waals surface area (Å²) in [5.74, 6) is -11.1. The third-order valence-corrected chi connectivity index (χ3v) is 10.3. The molecular formula is C36H59N9O14. The van der Waals surface area contributed by atoms with Gasteiger partial charge in [0.15, 0.2) is 0 Å². The number of aliphatic carboxylic acids is 3. The van der Waals surface area contributed by atoms with E-state index in [1.165, 1.54) is 6.92 Å². The Morgan fingerprint density at radius 3 is 1.73 bits per heavy atom. The molecule has 23 nitrogen and oxygen atoms in total. The molecule has 0 bridgehead atoms. The van der Waals surface area contributed by atoms with Crippen molar-refractivity contribution in [1.29, 1.82) is 0 Å². The van der Waals surface area contributed by atoms with Gasteiger partial charge in [0.05, 0.1) is 25.0 Å². The van der Waals surface area contributed by atoms with Crippen molar-refractivity contribution in [3.05, 3.63) is 0 Å². The molecule has 0 radical (unpaired) electrons. The Labute approximate surface area is 340 Å². The number of nitrogens with two attached hydrogens (primary N) is 2. The number of aliphatic hydroxyl groups excluding tert-OH is 1. The van der Waals surface area contributed by atoms with Gasteiger partial charge in [-0.25, -0.2) is 0 Å². The second kappa shape index (κ2) is 23.9. The van der Waals surface area contributed by atoms with E-state index >= 15 is 0 Å². The van der Waals surface area contributed by atoms with E-state index in [4.69, 9.17) is 16.6 Å². The smallest absolute Gasteiger partial charge is 0.322 e. The molecule has 59 heavy (non-hydrogen) atoms. The molecule has 2 saturated heterocycles. The van der Waals surface area contributed by atoms with Crippen molar-refractivity contribution >= 4 is 59.3 Å². The molecule has 0 unspecified atom stereocenters. The topological polar surface area (TPSA) is 370 Å². The number of rotatable bonds is 24. The van der Waals surface area contributed by atoms with Crippen LogP contribution in [0, 0.1) is 5.92 Å². The Kier molecular flexibility index (Phi) is 20.1. The SMILES string of the molecule is CC[C@H](C)[C@H](N)C(=O)N[C@@H](CCCCN)C(=O)N[C@H](C(=O)N1CCC[C@H]1C(=O)N[C@@H](CC(=O)O)C(=O)N[C@@H](CC(=O)O)C(=O)N1CCC[C@H]1C(=O)NCC(=O)O)[C@@H](C)O. The molecule has 23 heteroatoms. The maximum Gasteiger partial charge on any atom is 0.322 e. The fourth-order valence-corrected chi connectivity index (χ4v) is 6.75. The molecule has 0 aromatic carbocycles. The van der Waals surface area contributed by atoms with Gasteiger partial charge >= 0.3 is 17.9 Å². The summed E-state index contributed by atoms with van der Waals surface area (Å²) in [6.07, 6.45) is -1.22. The van der Waals surface area contributed by atoms with Crippen LogP contribution in [0.4, 0.5) is 0 Å². The molecule has 0 saturated carbocycles. The van der Waals surface area contributed by atoms with E-state index in [1.807, 2.05) is 6.92 Å². The zero-order valence-electron chi connectivity index (χ0n) is 33.5. The van der Waals surface area contributed by atoms with Gasteiger partial charge in [0.1, 0.15) is 42.8 Å². The molecule has 2 rings (SSSR count). The van der Waals surface area contributed by atoms with Gasteiger partial charge < -0.3 is 68.3 Å². The second-order valence-electron chi connectivity index (χ2n) is 14.8. The number of amides is 7. The summed E-state index contributed by atoms with van der Waals surface area (Å²) in [4.78, 5) is 130. The maximum absolute atomic E-state index is 13.9. The first-order valence-corrected chi connectivity index (χ1v) is 19.6. The third-order valence-electron chi connectivity index (χ3n) is 10.3. The highest BCUT2D eigenvalue weighted by molar-refractivity contribution is 5.99. The maximum atomic E-state index is 13.9. The third kappa shape index (κ3) is 15.0. The number of carboxylic acid groups (broad SMARTS) is 3. The first kappa shape index (κ1) is 49.7. The van der Waals surface area contributed by atoms with Crippen molar-refractivity contribution in [3.63, 3.8) is 0 Å². The van der Waals surface area contributed by atoms with Crippen molar-refractivity contribution in [2.75, 3.05) is 26.2 Å². The van der Waals surface area contributed by atoms with E-state index in [9.17, 15) is 63.3 Å². The second-order valence-corrected chi connectivity index (χ2v) is 14.8. The van der Waals surface area contributed by atoms with Gasteiger partial charge in [0, 0.05) is 13.1 Å². The minimum atomic E-state index is -1.90. The van der Waals surface area contributed by atoms with Gasteiger partial charge in [-0.05, 0) is 64.3 Å². The van der Waals surface area contributed by atoms with Crippen LogP contribution in [0.1, 0.15) is 85.0 Å². The molecule has 13 N–H and O–H groups in total.